The molecule has 1 atom stereocenters. The second-order valence-electron chi connectivity index (χ2n) is 3.20. The van der Waals surface area contributed by atoms with Crippen molar-refractivity contribution in [2.75, 3.05) is 11.9 Å². The van der Waals surface area contributed by atoms with Gasteiger partial charge in [0.2, 0.25) is 0 Å². The van der Waals surface area contributed by atoms with Crippen LogP contribution in [0.3, 0.4) is 0 Å². The minimum absolute atomic E-state index is 0.159. The van der Waals surface area contributed by atoms with E-state index in [1.807, 2.05) is 13.8 Å². The summed E-state index contributed by atoms with van der Waals surface area (Å²) in [6.07, 6.45) is 2.10. The number of hydrogen-bond acceptors (Lipinski definition) is 4. The molecule has 1 aromatic heterocycles. The van der Waals surface area contributed by atoms with Crippen LogP contribution >= 0.6 is 11.6 Å². The Bertz CT molecular complexity index is 306. The highest BCUT2D eigenvalue weighted by atomic mass is 35.5. The minimum atomic E-state index is 0.159. The average Bonchev–Trinajstić information content (AvgIpc) is 2.13. The highest BCUT2D eigenvalue weighted by Crippen LogP contribution is 2.18. The van der Waals surface area contributed by atoms with Crippen LogP contribution in [-0.2, 0) is 0 Å². The Morgan fingerprint density at radius 3 is 2.93 bits per heavy atom. The summed E-state index contributed by atoms with van der Waals surface area (Å²) in [5.41, 5.74) is 0.832. The minimum Gasteiger partial charge on any atom is -0.396 e. The van der Waals surface area contributed by atoms with E-state index in [1.54, 1.807) is 0 Å². The number of nitrogens with one attached hydrogen (secondary N) is 1. The summed E-state index contributed by atoms with van der Waals surface area (Å²) in [5, 5.41) is 12.4. The van der Waals surface area contributed by atoms with Crippen LogP contribution in [0.1, 0.15) is 18.9 Å². The van der Waals surface area contributed by atoms with Crippen molar-refractivity contribution in [2.24, 2.45) is 0 Å². The molecule has 4 nitrogen and oxygen atoms in total. The van der Waals surface area contributed by atoms with E-state index < -0.39 is 0 Å². The molecule has 0 aliphatic carbocycles. The molecule has 0 saturated heterocycles. The van der Waals surface area contributed by atoms with Crippen LogP contribution in [0.25, 0.3) is 0 Å². The normalized spacial score (nSPS) is 12.6. The number of halogens is 1. The van der Waals surface area contributed by atoms with Gasteiger partial charge in [0.15, 0.2) is 0 Å². The van der Waals surface area contributed by atoms with Gasteiger partial charge in [-0.05, 0) is 20.3 Å². The van der Waals surface area contributed by atoms with Gasteiger partial charge in [0, 0.05) is 18.2 Å². The molecule has 0 aromatic carbocycles. The predicted octanol–water partition coefficient (Wildman–Crippen LogP) is 1.62. The van der Waals surface area contributed by atoms with Gasteiger partial charge < -0.3 is 10.4 Å². The van der Waals surface area contributed by atoms with Gasteiger partial charge in [0.1, 0.15) is 17.3 Å². The van der Waals surface area contributed by atoms with Crippen molar-refractivity contribution in [3.05, 3.63) is 17.0 Å². The average molecular weight is 216 g/mol. The standard InChI is InChI=1S/C9H14ClN3O/c1-6(3-4-14)13-9-7(2)8(10)11-5-12-9/h5-6,14H,3-4H2,1-2H3,(H,11,12,13). The number of hydrogen-bond donors (Lipinski definition) is 2. The molecule has 0 bridgehead atoms. The Morgan fingerprint density at radius 2 is 2.29 bits per heavy atom. The third-order valence-electron chi connectivity index (χ3n) is 1.97. The van der Waals surface area contributed by atoms with E-state index >= 15 is 0 Å². The summed E-state index contributed by atoms with van der Waals surface area (Å²) in [7, 11) is 0. The number of aliphatic hydroxyl groups is 1. The Morgan fingerprint density at radius 1 is 1.57 bits per heavy atom. The van der Waals surface area contributed by atoms with Crippen molar-refractivity contribution < 1.29 is 5.11 Å². The van der Waals surface area contributed by atoms with Crippen LogP contribution in [0.15, 0.2) is 6.33 Å². The van der Waals surface area contributed by atoms with Gasteiger partial charge in [-0.1, -0.05) is 11.6 Å². The third kappa shape index (κ3) is 2.82. The van der Waals surface area contributed by atoms with Crippen LogP contribution in [0, 0.1) is 6.92 Å². The van der Waals surface area contributed by atoms with Crippen LogP contribution in [0.2, 0.25) is 5.15 Å². The van der Waals surface area contributed by atoms with E-state index in [0.717, 1.165) is 11.4 Å². The lowest BCUT2D eigenvalue weighted by Crippen LogP contribution is -2.18. The molecule has 1 unspecified atom stereocenters. The second-order valence-corrected chi connectivity index (χ2v) is 3.55. The maximum absolute atomic E-state index is 8.74. The molecule has 2 N–H and O–H groups in total. The fraction of sp³-hybridized carbons (Fsp3) is 0.556. The summed E-state index contributed by atoms with van der Waals surface area (Å²) >= 11 is 5.83. The molecule has 1 rings (SSSR count). The summed E-state index contributed by atoms with van der Waals surface area (Å²) < 4.78 is 0. The largest absolute Gasteiger partial charge is 0.396 e. The number of nitrogens with zero attached hydrogens (tertiary/aromatic N) is 2. The van der Waals surface area contributed by atoms with E-state index in [2.05, 4.69) is 15.3 Å². The molecular weight excluding hydrogens is 202 g/mol. The van der Waals surface area contributed by atoms with Crippen molar-refractivity contribution in [3.63, 3.8) is 0 Å². The maximum Gasteiger partial charge on any atom is 0.137 e. The fourth-order valence-corrected chi connectivity index (χ4v) is 1.21. The highest BCUT2D eigenvalue weighted by Gasteiger charge is 2.07. The first kappa shape index (κ1) is 11.2. The molecule has 14 heavy (non-hydrogen) atoms. The Kier molecular flexibility index (Phi) is 4.10. The summed E-state index contributed by atoms with van der Waals surface area (Å²) in [6.45, 7) is 3.99. The van der Waals surface area contributed by atoms with E-state index in [0.29, 0.717) is 11.6 Å². The number of aromatic nitrogens is 2. The molecule has 0 radical (unpaired) electrons. The number of anilines is 1. The lowest BCUT2D eigenvalue weighted by molar-refractivity contribution is 0.282. The van der Waals surface area contributed by atoms with Gasteiger partial charge >= 0.3 is 0 Å². The molecule has 78 valence electrons. The Balaban J connectivity index is 2.71. The molecule has 5 heteroatoms. The molecule has 0 spiro atoms. The molecule has 1 heterocycles. The molecule has 0 aliphatic rings. The summed E-state index contributed by atoms with van der Waals surface area (Å²) in [4.78, 5) is 7.93. The molecule has 1 aromatic rings. The van der Waals surface area contributed by atoms with Crippen molar-refractivity contribution in [1.82, 2.24) is 9.97 Å². The van der Waals surface area contributed by atoms with Crippen LogP contribution in [-0.4, -0.2) is 27.7 Å². The van der Waals surface area contributed by atoms with Gasteiger partial charge in [-0.2, -0.15) is 0 Å². The Labute approximate surface area is 88.3 Å². The van der Waals surface area contributed by atoms with Crippen molar-refractivity contribution in [1.29, 1.82) is 0 Å². The van der Waals surface area contributed by atoms with E-state index in [4.69, 9.17) is 16.7 Å². The summed E-state index contributed by atoms with van der Waals surface area (Å²) in [5.74, 6) is 0.728. The zero-order chi connectivity index (χ0) is 10.6. The van der Waals surface area contributed by atoms with E-state index in [9.17, 15) is 0 Å². The smallest absolute Gasteiger partial charge is 0.137 e. The van der Waals surface area contributed by atoms with Gasteiger partial charge in [0.05, 0.1) is 0 Å². The second kappa shape index (κ2) is 5.12. The first-order chi connectivity index (χ1) is 6.65. The lowest BCUT2D eigenvalue weighted by Gasteiger charge is -2.14. The molecule has 0 aliphatic heterocycles. The van der Waals surface area contributed by atoms with Crippen molar-refractivity contribution >= 4 is 17.4 Å². The zero-order valence-electron chi connectivity index (χ0n) is 8.29. The zero-order valence-corrected chi connectivity index (χ0v) is 9.04. The van der Waals surface area contributed by atoms with Gasteiger partial charge in [-0.15, -0.1) is 0 Å². The lowest BCUT2D eigenvalue weighted by atomic mass is 10.2. The number of rotatable bonds is 4. The van der Waals surface area contributed by atoms with Crippen molar-refractivity contribution in [2.45, 2.75) is 26.3 Å². The molecule has 0 fully saturated rings. The monoisotopic (exact) mass is 215 g/mol. The van der Waals surface area contributed by atoms with Gasteiger partial charge in [-0.25, -0.2) is 9.97 Å². The first-order valence-electron chi connectivity index (χ1n) is 4.49. The van der Waals surface area contributed by atoms with Gasteiger partial charge in [-0.3, -0.25) is 0 Å². The number of aliphatic hydroxyl groups excluding tert-OH is 1. The SMILES string of the molecule is Cc1c(Cl)ncnc1NC(C)CCO. The fourth-order valence-electron chi connectivity index (χ4n) is 1.07. The van der Waals surface area contributed by atoms with Crippen LogP contribution in [0.4, 0.5) is 5.82 Å². The third-order valence-corrected chi connectivity index (χ3v) is 2.35. The highest BCUT2D eigenvalue weighted by molar-refractivity contribution is 6.30. The van der Waals surface area contributed by atoms with Crippen LogP contribution < -0.4 is 5.32 Å². The van der Waals surface area contributed by atoms with Gasteiger partial charge in [0.25, 0.3) is 0 Å². The first-order valence-corrected chi connectivity index (χ1v) is 4.87. The topological polar surface area (TPSA) is 58.0 Å². The van der Waals surface area contributed by atoms with E-state index in [-0.39, 0.29) is 12.6 Å². The molecular formula is C9H14ClN3O. The quantitative estimate of drug-likeness (QED) is 0.750. The Hall–Kier alpha value is -0.870. The van der Waals surface area contributed by atoms with Crippen molar-refractivity contribution in [3.8, 4) is 0 Å². The predicted molar refractivity (Wildman–Crippen MR) is 56.6 cm³/mol. The van der Waals surface area contributed by atoms with Crippen LogP contribution in [0.5, 0.6) is 0 Å². The summed E-state index contributed by atoms with van der Waals surface area (Å²) in [6, 6.07) is 0.171. The van der Waals surface area contributed by atoms with E-state index in [1.165, 1.54) is 6.33 Å². The molecule has 0 amide bonds. The molecule has 0 saturated carbocycles. The maximum atomic E-state index is 8.74.